The quantitative estimate of drug-likeness (QED) is 0.716. The minimum atomic E-state index is -3.36. The van der Waals surface area contributed by atoms with Crippen LogP contribution in [0.3, 0.4) is 0 Å². The highest BCUT2D eigenvalue weighted by molar-refractivity contribution is 7.89. The third-order valence-corrected chi connectivity index (χ3v) is 7.14. The highest BCUT2D eigenvalue weighted by Crippen LogP contribution is 2.23. The van der Waals surface area contributed by atoms with E-state index in [1.165, 1.54) is 4.31 Å². The molecule has 1 heterocycles. The number of aryl methyl sites for hydroxylation is 1. The Morgan fingerprint density at radius 2 is 1.86 bits per heavy atom. The van der Waals surface area contributed by atoms with Gasteiger partial charge in [-0.25, -0.2) is 12.7 Å². The Balaban J connectivity index is 1.53. The van der Waals surface area contributed by atoms with Gasteiger partial charge >= 0.3 is 0 Å². The van der Waals surface area contributed by atoms with Crippen molar-refractivity contribution >= 4 is 21.6 Å². The molecule has 0 spiro atoms. The van der Waals surface area contributed by atoms with E-state index in [1.807, 2.05) is 30.3 Å². The zero-order valence-corrected chi connectivity index (χ0v) is 17.5. The van der Waals surface area contributed by atoms with Gasteiger partial charge in [0.2, 0.25) is 15.9 Å². The van der Waals surface area contributed by atoms with Gasteiger partial charge in [-0.1, -0.05) is 30.3 Å². The summed E-state index contributed by atoms with van der Waals surface area (Å²) in [5, 5.41) is 2.88. The topological polar surface area (TPSA) is 75.7 Å². The van der Waals surface area contributed by atoms with E-state index in [-0.39, 0.29) is 24.1 Å². The molecule has 1 saturated heterocycles. The number of anilines is 1. The lowest BCUT2D eigenvalue weighted by atomic mass is 9.99. The van der Waals surface area contributed by atoms with Crippen LogP contribution in [-0.2, 0) is 21.2 Å². The van der Waals surface area contributed by atoms with Crippen LogP contribution in [0, 0.1) is 5.92 Å². The van der Waals surface area contributed by atoms with Gasteiger partial charge in [0.1, 0.15) is 5.75 Å². The molecule has 1 aliphatic rings. The predicted octanol–water partition coefficient (Wildman–Crippen LogP) is 3.31. The molecule has 0 bridgehead atoms. The number of hydrogen-bond acceptors (Lipinski definition) is 4. The van der Waals surface area contributed by atoms with E-state index >= 15 is 0 Å². The minimum absolute atomic E-state index is 0.106. The average molecular weight is 417 g/mol. The van der Waals surface area contributed by atoms with Crippen molar-refractivity contribution in [3.8, 4) is 5.75 Å². The fourth-order valence-corrected chi connectivity index (χ4v) is 5.14. The molecule has 1 fully saturated rings. The molecule has 0 saturated carbocycles. The van der Waals surface area contributed by atoms with E-state index < -0.39 is 10.0 Å². The lowest BCUT2D eigenvalue weighted by Gasteiger charge is -2.31. The molecule has 2 aromatic carbocycles. The maximum Gasteiger partial charge on any atom is 0.228 e. The zero-order valence-electron chi connectivity index (χ0n) is 16.7. The number of piperidine rings is 1. The molecule has 1 atom stereocenters. The number of sulfonamides is 1. The maximum absolute atomic E-state index is 12.8. The molecule has 1 unspecified atom stereocenters. The first-order valence-corrected chi connectivity index (χ1v) is 11.6. The molecule has 7 heteroatoms. The van der Waals surface area contributed by atoms with Crippen LogP contribution >= 0.6 is 0 Å². The number of amides is 1. The Kier molecular flexibility index (Phi) is 7.28. The summed E-state index contributed by atoms with van der Waals surface area (Å²) in [5.41, 5.74) is 1.82. The minimum Gasteiger partial charge on any atom is -0.497 e. The highest BCUT2D eigenvalue weighted by atomic mass is 32.2. The van der Waals surface area contributed by atoms with Gasteiger partial charge in [-0.05, 0) is 55.5 Å². The fraction of sp³-hybridized carbons (Fsp3) is 0.409. The number of methoxy groups -OCH3 is 1. The standard InChI is InChI=1S/C22H28N2O4S/c1-28-21-13-11-20(12-14-21)23-22(25)19-10-5-15-24(17-19)29(26,27)16-6-9-18-7-3-2-4-8-18/h2-4,7-8,11-14,19H,5-6,9-10,15-17H2,1H3,(H,23,25). The second-order valence-electron chi connectivity index (χ2n) is 7.32. The number of rotatable bonds is 8. The van der Waals surface area contributed by atoms with Gasteiger partial charge in [-0.15, -0.1) is 0 Å². The first kappa shape index (κ1) is 21.3. The van der Waals surface area contributed by atoms with Crippen molar-refractivity contribution in [3.05, 3.63) is 60.2 Å². The van der Waals surface area contributed by atoms with Gasteiger partial charge in [0.25, 0.3) is 0 Å². The summed E-state index contributed by atoms with van der Waals surface area (Å²) in [5.74, 6) is 0.344. The van der Waals surface area contributed by atoms with Crippen molar-refractivity contribution in [2.75, 3.05) is 31.3 Å². The van der Waals surface area contributed by atoms with Crippen LogP contribution in [0.2, 0.25) is 0 Å². The number of carbonyl (C=O) groups is 1. The molecular formula is C22H28N2O4S. The normalized spacial score (nSPS) is 17.6. The SMILES string of the molecule is COc1ccc(NC(=O)C2CCCN(S(=O)(=O)CCCc3ccccc3)C2)cc1. The lowest BCUT2D eigenvalue weighted by Crippen LogP contribution is -2.44. The Morgan fingerprint density at radius 3 is 2.55 bits per heavy atom. The number of carbonyl (C=O) groups excluding carboxylic acids is 1. The van der Waals surface area contributed by atoms with Gasteiger partial charge in [0.05, 0.1) is 18.8 Å². The van der Waals surface area contributed by atoms with Crippen molar-refractivity contribution in [2.24, 2.45) is 5.92 Å². The summed E-state index contributed by atoms with van der Waals surface area (Å²) >= 11 is 0. The number of hydrogen-bond donors (Lipinski definition) is 1. The summed E-state index contributed by atoms with van der Waals surface area (Å²) in [6, 6.07) is 17.0. The molecule has 0 aliphatic carbocycles. The molecule has 2 aromatic rings. The van der Waals surface area contributed by atoms with Crippen molar-refractivity contribution in [3.63, 3.8) is 0 Å². The van der Waals surface area contributed by atoms with Crippen LogP contribution in [0.4, 0.5) is 5.69 Å². The Morgan fingerprint density at radius 1 is 1.14 bits per heavy atom. The van der Waals surface area contributed by atoms with Crippen LogP contribution in [-0.4, -0.2) is 44.6 Å². The first-order valence-electron chi connectivity index (χ1n) is 9.94. The van der Waals surface area contributed by atoms with Crippen molar-refractivity contribution in [1.29, 1.82) is 0 Å². The summed E-state index contributed by atoms with van der Waals surface area (Å²) in [6.45, 7) is 0.732. The molecule has 1 N–H and O–H groups in total. The summed E-state index contributed by atoms with van der Waals surface area (Å²) in [6.07, 6.45) is 2.69. The van der Waals surface area contributed by atoms with E-state index in [1.54, 1.807) is 31.4 Å². The van der Waals surface area contributed by atoms with E-state index in [2.05, 4.69) is 5.32 Å². The van der Waals surface area contributed by atoms with E-state index in [0.717, 1.165) is 12.0 Å². The van der Waals surface area contributed by atoms with Crippen LogP contribution in [0.25, 0.3) is 0 Å². The van der Waals surface area contributed by atoms with Gasteiger partial charge in [-0.3, -0.25) is 4.79 Å². The van der Waals surface area contributed by atoms with Gasteiger partial charge < -0.3 is 10.1 Å². The molecule has 1 aliphatic heterocycles. The molecule has 29 heavy (non-hydrogen) atoms. The van der Waals surface area contributed by atoms with E-state index in [4.69, 9.17) is 4.74 Å². The zero-order chi connectivity index (χ0) is 20.7. The number of nitrogens with one attached hydrogen (secondary N) is 1. The van der Waals surface area contributed by atoms with Gasteiger partial charge in [0, 0.05) is 18.8 Å². The molecular weight excluding hydrogens is 388 g/mol. The summed E-state index contributed by atoms with van der Waals surface area (Å²) in [4.78, 5) is 12.6. The fourth-order valence-electron chi connectivity index (χ4n) is 3.56. The molecule has 156 valence electrons. The predicted molar refractivity (Wildman–Crippen MR) is 114 cm³/mol. The van der Waals surface area contributed by atoms with Gasteiger partial charge in [-0.2, -0.15) is 0 Å². The van der Waals surface area contributed by atoms with Crippen LogP contribution in [0.5, 0.6) is 5.75 Å². The monoisotopic (exact) mass is 416 g/mol. The van der Waals surface area contributed by atoms with Crippen LogP contribution < -0.4 is 10.1 Å². The summed E-state index contributed by atoms with van der Waals surface area (Å²) in [7, 11) is -1.78. The van der Waals surface area contributed by atoms with Crippen LogP contribution in [0.1, 0.15) is 24.8 Å². The van der Waals surface area contributed by atoms with Gasteiger partial charge in [0.15, 0.2) is 0 Å². The molecule has 0 aromatic heterocycles. The Hall–Kier alpha value is -2.38. The van der Waals surface area contributed by atoms with Crippen molar-refractivity contribution < 1.29 is 17.9 Å². The molecule has 3 rings (SSSR count). The van der Waals surface area contributed by atoms with E-state index in [9.17, 15) is 13.2 Å². The largest absolute Gasteiger partial charge is 0.497 e. The number of benzene rings is 2. The summed E-state index contributed by atoms with van der Waals surface area (Å²) < 4.78 is 32.1. The smallest absolute Gasteiger partial charge is 0.228 e. The second-order valence-corrected chi connectivity index (χ2v) is 9.41. The average Bonchev–Trinajstić information content (AvgIpc) is 2.75. The number of nitrogens with zero attached hydrogens (tertiary/aromatic N) is 1. The van der Waals surface area contributed by atoms with Crippen LogP contribution in [0.15, 0.2) is 54.6 Å². The molecule has 6 nitrogen and oxygen atoms in total. The first-order chi connectivity index (χ1) is 14.0. The number of ether oxygens (including phenoxy) is 1. The third kappa shape index (κ3) is 6.05. The second kappa shape index (κ2) is 9.89. The molecule has 0 radical (unpaired) electrons. The maximum atomic E-state index is 12.8. The van der Waals surface area contributed by atoms with Crippen molar-refractivity contribution in [2.45, 2.75) is 25.7 Å². The Labute approximate surface area is 172 Å². The highest BCUT2D eigenvalue weighted by Gasteiger charge is 2.32. The Bertz CT molecular complexity index is 898. The van der Waals surface area contributed by atoms with Crippen molar-refractivity contribution in [1.82, 2.24) is 4.31 Å². The molecule has 1 amide bonds. The third-order valence-electron chi connectivity index (χ3n) is 5.22. The van der Waals surface area contributed by atoms with E-state index in [0.29, 0.717) is 37.2 Å². The lowest BCUT2D eigenvalue weighted by molar-refractivity contribution is -0.120.